The molecule has 2 rings (SSSR count). The molecule has 0 aromatic heterocycles. The number of amides is 1. The molecule has 0 aliphatic heterocycles. The summed E-state index contributed by atoms with van der Waals surface area (Å²) in [7, 11) is 0. The number of benzene rings is 2. The van der Waals surface area contributed by atoms with Crippen LogP contribution in [-0.2, 0) is 0 Å². The third-order valence-electron chi connectivity index (χ3n) is 2.27. The van der Waals surface area contributed by atoms with Crippen molar-refractivity contribution >= 4 is 40.1 Å². The van der Waals surface area contributed by atoms with Gasteiger partial charge in [0.25, 0.3) is 5.91 Å². The molecule has 0 saturated carbocycles. The van der Waals surface area contributed by atoms with Crippen molar-refractivity contribution in [1.29, 1.82) is 0 Å². The van der Waals surface area contributed by atoms with Gasteiger partial charge in [0.1, 0.15) is 11.5 Å². The van der Waals surface area contributed by atoms with Crippen LogP contribution in [-0.4, -0.2) is 5.91 Å². The first-order valence-electron chi connectivity index (χ1n) is 5.09. The van der Waals surface area contributed by atoms with Gasteiger partial charge in [0.2, 0.25) is 0 Å². The van der Waals surface area contributed by atoms with Gasteiger partial charge in [-0.2, -0.15) is 0 Å². The number of para-hydroxylation sites is 1. The summed E-state index contributed by atoms with van der Waals surface area (Å²) >= 11 is 8.04. The van der Waals surface area contributed by atoms with E-state index >= 15 is 0 Å². The van der Waals surface area contributed by atoms with Crippen LogP contribution in [0.5, 0.6) is 11.5 Å². The van der Waals surface area contributed by atoms with Crippen molar-refractivity contribution in [1.82, 2.24) is 0 Å². The first kappa shape index (κ1) is 13.2. The van der Waals surface area contributed by atoms with Gasteiger partial charge in [0, 0.05) is 11.1 Å². The van der Waals surface area contributed by atoms with Crippen molar-refractivity contribution in [2.24, 2.45) is 5.73 Å². The van der Waals surface area contributed by atoms with Crippen LogP contribution in [0.4, 0.5) is 0 Å². The Morgan fingerprint density at radius 2 is 1.89 bits per heavy atom. The molecule has 0 radical (unpaired) electrons. The zero-order chi connectivity index (χ0) is 13.1. The minimum atomic E-state index is -0.549. The van der Waals surface area contributed by atoms with Gasteiger partial charge in [-0.05, 0) is 46.9 Å². The fourth-order valence-electron chi connectivity index (χ4n) is 1.43. The van der Waals surface area contributed by atoms with E-state index in [0.29, 0.717) is 22.1 Å². The summed E-state index contributed by atoms with van der Waals surface area (Å²) in [5.74, 6) is 0.467. The normalized spacial score (nSPS) is 10.1. The van der Waals surface area contributed by atoms with Crippen molar-refractivity contribution in [3.8, 4) is 11.5 Å². The van der Waals surface area contributed by atoms with Crippen molar-refractivity contribution < 1.29 is 9.53 Å². The summed E-state index contributed by atoms with van der Waals surface area (Å²) in [6.45, 7) is 0. The maximum Gasteiger partial charge on any atom is 0.252 e. The second kappa shape index (κ2) is 5.58. The van der Waals surface area contributed by atoms with Crippen LogP contribution >= 0.6 is 34.2 Å². The second-order valence-corrected chi connectivity index (χ2v) is 5.14. The number of halogens is 2. The molecule has 0 aliphatic carbocycles. The minimum Gasteiger partial charge on any atom is -0.455 e. The fraction of sp³-hybridized carbons (Fsp3) is 0. The van der Waals surface area contributed by atoms with Gasteiger partial charge in [0.15, 0.2) is 0 Å². The average molecular weight is 374 g/mol. The molecule has 5 heteroatoms. The molecular formula is C13H9ClINO2. The van der Waals surface area contributed by atoms with E-state index in [1.807, 2.05) is 24.3 Å². The van der Waals surface area contributed by atoms with Gasteiger partial charge in [-0.3, -0.25) is 4.79 Å². The molecule has 2 N–H and O–H groups in total. The quantitative estimate of drug-likeness (QED) is 0.831. The molecule has 92 valence electrons. The maximum atomic E-state index is 11.3. The number of nitrogens with two attached hydrogens (primary N) is 1. The van der Waals surface area contributed by atoms with Crippen LogP contribution in [0, 0.1) is 3.57 Å². The number of primary amides is 1. The number of carbonyl (C=O) groups is 1. The highest BCUT2D eigenvalue weighted by Gasteiger charge is 2.12. The molecule has 2 aromatic carbocycles. The van der Waals surface area contributed by atoms with Crippen molar-refractivity contribution in [3.63, 3.8) is 0 Å². The number of rotatable bonds is 3. The average Bonchev–Trinajstić information content (AvgIpc) is 2.32. The van der Waals surface area contributed by atoms with Gasteiger partial charge < -0.3 is 10.5 Å². The standard InChI is InChI=1S/C13H9ClINO2/c14-8-5-6-9(13(16)17)12(7-8)18-11-4-2-1-3-10(11)15/h1-7H,(H2,16,17). The highest BCUT2D eigenvalue weighted by molar-refractivity contribution is 14.1. The Morgan fingerprint density at radius 3 is 2.56 bits per heavy atom. The number of hydrogen-bond acceptors (Lipinski definition) is 2. The molecule has 0 spiro atoms. The van der Waals surface area contributed by atoms with Gasteiger partial charge in [0.05, 0.1) is 9.13 Å². The summed E-state index contributed by atoms with van der Waals surface area (Å²) in [5.41, 5.74) is 5.60. The second-order valence-electron chi connectivity index (χ2n) is 3.54. The summed E-state index contributed by atoms with van der Waals surface area (Å²) < 4.78 is 6.63. The van der Waals surface area contributed by atoms with E-state index in [9.17, 15) is 4.79 Å². The molecule has 0 bridgehead atoms. The molecule has 0 fully saturated rings. The van der Waals surface area contributed by atoms with E-state index in [1.165, 1.54) is 0 Å². The lowest BCUT2D eigenvalue weighted by Gasteiger charge is -2.10. The van der Waals surface area contributed by atoms with E-state index in [2.05, 4.69) is 22.6 Å². The summed E-state index contributed by atoms with van der Waals surface area (Å²) in [4.78, 5) is 11.3. The smallest absolute Gasteiger partial charge is 0.252 e. The third kappa shape index (κ3) is 2.94. The topological polar surface area (TPSA) is 52.3 Å². The first-order valence-corrected chi connectivity index (χ1v) is 6.55. The van der Waals surface area contributed by atoms with Crippen LogP contribution in [0.15, 0.2) is 42.5 Å². The Hall–Kier alpha value is -1.27. The Labute approximate surface area is 123 Å². The Balaban J connectivity index is 2.42. The van der Waals surface area contributed by atoms with E-state index in [-0.39, 0.29) is 0 Å². The molecule has 0 heterocycles. The van der Waals surface area contributed by atoms with E-state index < -0.39 is 5.91 Å². The van der Waals surface area contributed by atoms with E-state index in [4.69, 9.17) is 22.1 Å². The van der Waals surface area contributed by atoms with Crippen molar-refractivity contribution in [3.05, 3.63) is 56.6 Å². The van der Waals surface area contributed by atoms with E-state index in [0.717, 1.165) is 3.57 Å². The molecule has 0 aliphatic rings. The summed E-state index contributed by atoms with van der Waals surface area (Å²) in [6.07, 6.45) is 0. The van der Waals surface area contributed by atoms with Crippen molar-refractivity contribution in [2.75, 3.05) is 0 Å². The number of hydrogen-bond donors (Lipinski definition) is 1. The van der Waals surface area contributed by atoms with Gasteiger partial charge >= 0.3 is 0 Å². The van der Waals surface area contributed by atoms with Crippen LogP contribution in [0.3, 0.4) is 0 Å². The van der Waals surface area contributed by atoms with Gasteiger partial charge in [-0.1, -0.05) is 23.7 Å². The largest absolute Gasteiger partial charge is 0.455 e. The number of carbonyl (C=O) groups excluding carboxylic acids is 1. The molecular weight excluding hydrogens is 365 g/mol. The zero-order valence-corrected chi connectivity index (χ0v) is 12.1. The summed E-state index contributed by atoms with van der Waals surface area (Å²) in [5, 5.41) is 0.487. The minimum absolute atomic E-state index is 0.305. The molecule has 0 unspecified atom stereocenters. The lowest BCUT2D eigenvalue weighted by atomic mass is 10.2. The monoisotopic (exact) mass is 373 g/mol. The fourth-order valence-corrected chi connectivity index (χ4v) is 2.09. The molecule has 18 heavy (non-hydrogen) atoms. The Bertz CT molecular complexity index is 601. The van der Waals surface area contributed by atoms with Crippen LogP contribution in [0.1, 0.15) is 10.4 Å². The predicted octanol–water partition coefficient (Wildman–Crippen LogP) is 3.84. The molecule has 3 nitrogen and oxygen atoms in total. The molecule has 2 aromatic rings. The lowest BCUT2D eigenvalue weighted by Crippen LogP contribution is -2.12. The van der Waals surface area contributed by atoms with Crippen LogP contribution in [0.25, 0.3) is 0 Å². The highest BCUT2D eigenvalue weighted by atomic mass is 127. The highest BCUT2D eigenvalue weighted by Crippen LogP contribution is 2.30. The Morgan fingerprint density at radius 1 is 1.17 bits per heavy atom. The van der Waals surface area contributed by atoms with Crippen LogP contribution in [0.2, 0.25) is 5.02 Å². The van der Waals surface area contributed by atoms with Crippen molar-refractivity contribution in [2.45, 2.75) is 0 Å². The molecule has 0 saturated heterocycles. The van der Waals surface area contributed by atoms with E-state index in [1.54, 1.807) is 18.2 Å². The third-order valence-corrected chi connectivity index (χ3v) is 3.39. The predicted molar refractivity (Wildman–Crippen MR) is 79.2 cm³/mol. The van der Waals surface area contributed by atoms with Gasteiger partial charge in [-0.15, -0.1) is 0 Å². The maximum absolute atomic E-state index is 11.3. The lowest BCUT2D eigenvalue weighted by molar-refractivity contribution is 0.0998. The molecule has 1 amide bonds. The zero-order valence-electron chi connectivity index (χ0n) is 9.19. The molecule has 0 atom stereocenters. The van der Waals surface area contributed by atoms with Gasteiger partial charge in [-0.25, -0.2) is 0 Å². The Kier molecular flexibility index (Phi) is 4.08. The first-order chi connectivity index (χ1) is 8.58. The SMILES string of the molecule is NC(=O)c1ccc(Cl)cc1Oc1ccccc1I. The van der Waals surface area contributed by atoms with Crippen LogP contribution < -0.4 is 10.5 Å². The number of ether oxygens (including phenoxy) is 1. The summed E-state index contributed by atoms with van der Waals surface area (Å²) in [6, 6.07) is 12.2.